The molecule has 1 fully saturated rings. The van der Waals surface area contributed by atoms with E-state index in [0.29, 0.717) is 13.2 Å². The second-order valence-electron chi connectivity index (χ2n) is 9.28. The maximum absolute atomic E-state index is 12.7. The Balaban J connectivity index is 1.23. The molecule has 1 unspecified atom stereocenters. The largest absolute Gasteiger partial charge is 0.480 e. The number of rotatable bonds is 7. The van der Waals surface area contributed by atoms with E-state index in [1.54, 1.807) is 0 Å². The van der Waals surface area contributed by atoms with E-state index >= 15 is 0 Å². The van der Waals surface area contributed by atoms with Gasteiger partial charge in [-0.05, 0) is 52.4 Å². The maximum atomic E-state index is 12.7. The lowest BCUT2D eigenvalue weighted by atomic mass is 9.98. The molecule has 7 nitrogen and oxygen atoms in total. The van der Waals surface area contributed by atoms with E-state index < -0.39 is 18.1 Å². The molecular formula is C29H30N2O5. The van der Waals surface area contributed by atoms with Crippen LogP contribution in [-0.2, 0) is 20.7 Å². The van der Waals surface area contributed by atoms with Crippen molar-refractivity contribution < 1.29 is 24.2 Å². The van der Waals surface area contributed by atoms with E-state index in [1.807, 2.05) is 55.5 Å². The summed E-state index contributed by atoms with van der Waals surface area (Å²) in [6.45, 7) is 5.17. The maximum Gasteiger partial charge on any atom is 0.407 e. The summed E-state index contributed by atoms with van der Waals surface area (Å²) in [5.41, 5.74) is 7.45. The molecule has 1 heterocycles. The van der Waals surface area contributed by atoms with Crippen molar-refractivity contribution in [1.29, 1.82) is 0 Å². The van der Waals surface area contributed by atoms with Gasteiger partial charge in [-0.3, -0.25) is 0 Å². The SMILES string of the molecule is Cc1cc(N2CCOCC2)ccc1CC(NC(=O)OCC1c2ccccc2-c2ccccc21)C(=O)O. The number of carboxylic acid groups (broad SMARTS) is 1. The monoisotopic (exact) mass is 486 g/mol. The minimum Gasteiger partial charge on any atom is -0.480 e. The molecule has 1 amide bonds. The average Bonchev–Trinajstić information content (AvgIpc) is 3.22. The molecule has 0 saturated carbocycles. The van der Waals surface area contributed by atoms with Crippen LogP contribution in [0.1, 0.15) is 28.2 Å². The van der Waals surface area contributed by atoms with Gasteiger partial charge in [0.2, 0.25) is 0 Å². The van der Waals surface area contributed by atoms with Crippen molar-refractivity contribution >= 4 is 17.7 Å². The molecule has 0 spiro atoms. The number of nitrogens with one attached hydrogen (secondary N) is 1. The third-order valence-electron chi connectivity index (χ3n) is 7.06. The summed E-state index contributed by atoms with van der Waals surface area (Å²) in [6.07, 6.45) is -0.554. The Bertz CT molecular complexity index is 1220. The Kier molecular flexibility index (Phi) is 6.91. The first-order chi connectivity index (χ1) is 17.5. The molecule has 1 saturated heterocycles. The summed E-state index contributed by atoms with van der Waals surface area (Å²) in [7, 11) is 0. The fourth-order valence-corrected chi connectivity index (χ4v) is 5.13. The van der Waals surface area contributed by atoms with Crippen LogP contribution in [0.2, 0.25) is 0 Å². The van der Waals surface area contributed by atoms with Crippen LogP contribution in [0.5, 0.6) is 0 Å². The first-order valence-electron chi connectivity index (χ1n) is 12.3. The van der Waals surface area contributed by atoms with Gasteiger partial charge in [-0.2, -0.15) is 0 Å². The van der Waals surface area contributed by atoms with E-state index in [4.69, 9.17) is 9.47 Å². The lowest BCUT2D eigenvalue weighted by Gasteiger charge is -2.29. The van der Waals surface area contributed by atoms with Crippen molar-refractivity contribution in [2.45, 2.75) is 25.3 Å². The number of hydrogen-bond donors (Lipinski definition) is 2. The van der Waals surface area contributed by atoms with Crippen molar-refractivity contribution in [2.75, 3.05) is 37.8 Å². The number of amides is 1. The van der Waals surface area contributed by atoms with Gasteiger partial charge in [0.15, 0.2) is 0 Å². The van der Waals surface area contributed by atoms with Crippen LogP contribution >= 0.6 is 0 Å². The highest BCUT2D eigenvalue weighted by Gasteiger charge is 2.30. The van der Waals surface area contributed by atoms with Crippen LogP contribution in [0.3, 0.4) is 0 Å². The van der Waals surface area contributed by atoms with Crippen LogP contribution < -0.4 is 10.2 Å². The number of ether oxygens (including phenoxy) is 2. The van der Waals surface area contributed by atoms with Gasteiger partial charge in [-0.25, -0.2) is 9.59 Å². The molecule has 1 atom stereocenters. The topological polar surface area (TPSA) is 88.1 Å². The summed E-state index contributed by atoms with van der Waals surface area (Å²) in [5, 5.41) is 12.3. The van der Waals surface area contributed by atoms with Gasteiger partial charge < -0.3 is 24.8 Å². The van der Waals surface area contributed by atoms with E-state index in [-0.39, 0.29) is 18.9 Å². The van der Waals surface area contributed by atoms with E-state index in [1.165, 1.54) is 0 Å². The van der Waals surface area contributed by atoms with Gasteiger partial charge in [0, 0.05) is 31.1 Å². The number of carbonyl (C=O) groups excluding carboxylic acids is 1. The van der Waals surface area contributed by atoms with E-state index in [0.717, 1.165) is 52.2 Å². The molecule has 1 aliphatic heterocycles. The van der Waals surface area contributed by atoms with Crippen LogP contribution in [-0.4, -0.2) is 56.1 Å². The van der Waals surface area contributed by atoms with Crippen LogP contribution in [0.25, 0.3) is 11.1 Å². The number of morpholine rings is 1. The van der Waals surface area contributed by atoms with Crippen molar-refractivity contribution in [3.05, 3.63) is 89.0 Å². The minimum absolute atomic E-state index is 0.0820. The molecule has 5 rings (SSSR count). The molecule has 3 aromatic carbocycles. The zero-order chi connectivity index (χ0) is 25.1. The molecule has 0 aromatic heterocycles. The number of alkyl carbamates (subject to hydrolysis) is 1. The van der Waals surface area contributed by atoms with Crippen molar-refractivity contribution in [3.63, 3.8) is 0 Å². The lowest BCUT2D eigenvalue weighted by molar-refractivity contribution is -0.139. The number of aliphatic carboxylic acids is 1. The van der Waals surface area contributed by atoms with Crippen LogP contribution in [0.4, 0.5) is 10.5 Å². The predicted octanol–water partition coefficient (Wildman–Crippen LogP) is 4.37. The second kappa shape index (κ2) is 10.4. The molecule has 2 aliphatic rings. The first-order valence-corrected chi connectivity index (χ1v) is 12.3. The highest BCUT2D eigenvalue weighted by molar-refractivity contribution is 5.81. The van der Waals surface area contributed by atoms with Crippen molar-refractivity contribution in [2.24, 2.45) is 0 Å². The quantitative estimate of drug-likeness (QED) is 0.516. The third kappa shape index (κ3) is 4.93. The normalized spacial score (nSPS) is 15.6. The molecule has 0 radical (unpaired) electrons. The Morgan fingerprint density at radius 1 is 1.03 bits per heavy atom. The van der Waals surface area contributed by atoms with Gasteiger partial charge in [0.25, 0.3) is 0 Å². The summed E-state index contributed by atoms with van der Waals surface area (Å²) < 4.78 is 11.0. The molecular weight excluding hydrogens is 456 g/mol. The Morgan fingerprint density at radius 2 is 1.67 bits per heavy atom. The number of fused-ring (bicyclic) bond motifs is 3. The summed E-state index contributed by atoms with van der Waals surface area (Å²) in [4.78, 5) is 26.9. The predicted molar refractivity (Wildman–Crippen MR) is 138 cm³/mol. The summed E-state index contributed by atoms with van der Waals surface area (Å²) in [6, 6.07) is 21.1. The molecule has 0 bridgehead atoms. The minimum atomic E-state index is -1.10. The molecule has 36 heavy (non-hydrogen) atoms. The van der Waals surface area contributed by atoms with E-state index in [9.17, 15) is 14.7 Å². The number of aryl methyl sites for hydroxylation is 1. The van der Waals surface area contributed by atoms with Gasteiger partial charge in [0.05, 0.1) is 13.2 Å². The number of carbonyl (C=O) groups is 2. The third-order valence-corrected chi connectivity index (χ3v) is 7.06. The fraction of sp³-hybridized carbons (Fsp3) is 0.310. The van der Waals surface area contributed by atoms with Crippen molar-refractivity contribution in [3.8, 4) is 11.1 Å². The average molecular weight is 487 g/mol. The Labute approximate surface area is 210 Å². The fourth-order valence-electron chi connectivity index (χ4n) is 5.13. The standard InChI is InChI=1S/C29H30N2O5/c1-19-16-21(31-12-14-35-15-13-31)11-10-20(19)17-27(28(32)33)30-29(34)36-18-26-24-8-4-2-6-22(24)23-7-3-5-9-25(23)26/h2-11,16,26-27H,12-15,17-18H2,1H3,(H,30,34)(H,32,33). The highest BCUT2D eigenvalue weighted by Crippen LogP contribution is 2.44. The summed E-state index contributed by atoms with van der Waals surface area (Å²) >= 11 is 0. The zero-order valence-corrected chi connectivity index (χ0v) is 20.3. The smallest absolute Gasteiger partial charge is 0.407 e. The number of benzene rings is 3. The molecule has 7 heteroatoms. The number of hydrogen-bond acceptors (Lipinski definition) is 5. The Hall–Kier alpha value is -3.84. The number of anilines is 1. The molecule has 3 aromatic rings. The van der Waals surface area contributed by atoms with E-state index in [2.05, 4.69) is 28.4 Å². The molecule has 1 aliphatic carbocycles. The number of carboxylic acids is 1. The van der Waals surface area contributed by atoms with Crippen molar-refractivity contribution in [1.82, 2.24) is 5.32 Å². The van der Waals surface area contributed by atoms with Gasteiger partial charge in [-0.1, -0.05) is 54.6 Å². The summed E-state index contributed by atoms with van der Waals surface area (Å²) in [5.74, 6) is -1.18. The Morgan fingerprint density at radius 3 is 2.28 bits per heavy atom. The first kappa shape index (κ1) is 23.9. The molecule has 186 valence electrons. The van der Waals surface area contributed by atoms with Gasteiger partial charge in [-0.15, -0.1) is 0 Å². The highest BCUT2D eigenvalue weighted by atomic mass is 16.5. The van der Waals surface area contributed by atoms with Crippen LogP contribution in [0, 0.1) is 6.92 Å². The van der Waals surface area contributed by atoms with Crippen LogP contribution in [0.15, 0.2) is 66.7 Å². The zero-order valence-electron chi connectivity index (χ0n) is 20.3. The molecule has 2 N–H and O–H groups in total. The lowest BCUT2D eigenvalue weighted by Crippen LogP contribution is -2.43. The van der Waals surface area contributed by atoms with Gasteiger partial charge in [0.1, 0.15) is 12.6 Å². The number of nitrogens with zero attached hydrogens (tertiary/aromatic N) is 1. The van der Waals surface area contributed by atoms with Gasteiger partial charge >= 0.3 is 12.1 Å². The second-order valence-corrected chi connectivity index (χ2v) is 9.28.